The Morgan fingerprint density at radius 1 is 1.00 bits per heavy atom. The Morgan fingerprint density at radius 3 is 2.48 bits per heavy atom. The van der Waals surface area contributed by atoms with E-state index >= 15 is 0 Å². The van der Waals surface area contributed by atoms with Gasteiger partial charge in [-0.3, -0.25) is 4.79 Å². The quantitative estimate of drug-likeness (QED) is 0.426. The molecule has 0 bridgehead atoms. The fraction of sp³-hybridized carbons (Fsp3) is 0.154. The van der Waals surface area contributed by atoms with Crippen molar-refractivity contribution in [2.45, 2.75) is 20.1 Å². The number of rotatable bonds is 8. The van der Waals surface area contributed by atoms with Crippen LogP contribution in [0.1, 0.15) is 22.3 Å². The van der Waals surface area contributed by atoms with Gasteiger partial charge in [-0.05, 0) is 41.8 Å². The molecule has 0 aliphatic rings. The Balaban J connectivity index is 1.70. The monoisotopic (exact) mass is 412 g/mol. The van der Waals surface area contributed by atoms with Gasteiger partial charge >= 0.3 is 0 Å². The Morgan fingerprint density at radius 2 is 1.77 bits per heavy atom. The zero-order chi connectivity index (χ0) is 22.1. The summed E-state index contributed by atoms with van der Waals surface area (Å²) in [6.07, 6.45) is 1.53. The highest BCUT2D eigenvalue weighted by Crippen LogP contribution is 2.29. The summed E-state index contributed by atoms with van der Waals surface area (Å²) in [4.78, 5) is 12.4. The highest BCUT2D eigenvalue weighted by atomic mass is 16.5. The highest BCUT2D eigenvalue weighted by Gasteiger charge is 2.11. The number of carbonyl (C=O) groups is 1. The van der Waals surface area contributed by atoms with E-state index in [1.807, 2.05) is 61.5 Å². The first-order valence-corrected chi connectivity index (χ1v) is 9.89. The highest BCUT2D eigenvalue weighted by molar-refractivity contribution is 6.01. The molecule has 3 rings (SSSR count). The minimum atomic E-state index is -0.426. The van der Waals surface area contributed by atoms with Crippen molar-refractivity contribution in [1.29, 1.82) is 5.26 Å². The third-order valence-electron chi connectivity index (χ3n) is 4.64. The Hall–Kier alpha value is -4.04. The summed E-state index contributed by atoms with van der Waals surface area (Å²) >= 11 is 0. The van der Waals surface area contributed by atoms with E-state index in [1.54, 1.807) is 25.3 Å². The van der Waals surface area contributed by atoms with Gasteiger partial charge in [0.1, 0.15) is 18.2 Å². The number of benzene rings is 3. The molecule has 0 fully saturated rings. The molecule has 0 spiro atoms. The number of carbonyl (C=O) groups excluding carboxylic acids is 1. The van der Waals surface area contributed by atoms with Crippen LogP contribution in [0.4, 0.5) is 0 Å². The van der Waals surface area contributed by atoms with Gasteiger partial charge in [-0.15, -0.1) is 0 Å². The lowest BCUT2D eigenvalue weighted by Crippen LogP contribution is -2.23. The molecule has 31 heavy (non-hydrogen) atoms. The second kappa shape index (κ2) is 10.7. The van der Waals surface area contributed by atoms with E-state index < -0.39 is 5.91 Å². The molecule has 0 heterocycles. The number of aryl methyl sites for hydroxylation is 1. The van der Waals surface area contributed by atoms with Crippen LogP contribution in [0.25, 0.3) is 6.08 Å². The fourth-order valence-electron chi connectivity index (χ4n) is 3.04. The number of hydrogen-bond acceptors (Lipinski definition) is 4. The second-order valence-corrected chi connectivity index (χ2v) is 7.03. The lowest BCUT2D eigenvalue weighted by Gasteiger charge is -2.12. The summed E-state index contributed by atoms with van der Waals surface area (Å²) in [5.74, 6) is 0.696. The standard InChI is InChI=1S/C26H24N2O3/c1-19-7-6-10-22(13-19)18-31-24-12-11-21(15-25(24)30-2)14-23(16-27)26(29)28-17-20-8-4-3-5-9-20/h3-15H,17-18H2,1-2H3,(H,28,29)/b23-14-. The second-order valence-electron chi connectivity index (χ2n) is 7.03. The smallest absolute Gasteiger partial charge is 0.262 e. The molecule has 0 atom stereocenters. The van der Waals surface area contributed by atoms with E-state index in [1.165, 1.54) is 11.6 Å². The molecule has 0 saturated carbocycles. The summed E-state index contributed by atoms with van der Waals surface area (Å²) in [6, 6.07) is 24.9. The van der Waals surface area contributed by atoms with Crippen molar-refractivity contribution < 1.29 is 14.3 Å². The number of nitrogens with zero attached hydrogens (tertiary/aromatic N) is 1. The zero-order valence-electron chi connectivity index (χ0n) is 17.6. The van der Waals surface area contributed by atoms with Gasteiger partial charge < -0.3 is 14.8 Å². The van der Waals surface area contributed by atoms with Gasteiger partial charge in [0.2, 0.25) is 0 Å². The molecule has 0 aromatic heterocycles. The van der Waals surface area contributed by atoms with Crippen molar-refractivity contribution >= 4 is 12.0 Å². The molecule has 5 heteroatoms. The SMILES string of the molecule is COc1cc(/C=C(/C#N)C(=O)NCc2ccccc2)ccc1OCc1cccc(C)c1. The van der Waals surface area contributed by atoms with Gasteiger partial charge in [0.05, 0.1) is 7.11 Å². The minimum absolute atomic E-state index is 0.0198. The molecule has 0 unspecified atom stereocenters. The maximum absolute atomic E-state index is 12.4. The van der Waals surface area contributed by atoms with Crippen LogP contribution in [0.3, 0.4) is 0 Å². The first-order valence-electron chi connectivity index (χ1n) is 9.89. The average molecular weight is 412 g/mol. The van der Waals surface area contributed by atoms with Crippen LogP contribution < -0.4 is 14.8 Å². The lowest BCUT2D eigenvalue weighted by atomic mass is 10.1. The Bertz CT molecular complexity index is 1110. The third-order valence-corrected chi connectivity index (χ3v) is 4.64. The molecule has 1 amide bonds. The van der Waals surface area contributed by atoms with Crippen molar-refractivity contribution in [2.24, 2.45) is 0 Å². The molecule has 3 aromatic carbocycles. The van der Waals surface area contributed by atoms with Gasteiger partial charge in [-0.25, -0.2) is 0 Å². The van der Waals surface area contributed by atoms with Crippen LogP contribution in [-0.2, 0) is 17.9 Å². The normalized spacial score (nSPS) is 10.8. The Kier molecular flexibility index (Phi) is 7.45. The summed E-state index contributed by atoms with van der Waals surface area (Å²) in [5.41, 5.74) is 3.89. The molecule has 3 aromatic rings. The van der Waals surface area contributed by atoms with E-state index in [0.29, 0.717) is 30.2 Å². The van der Waals surface area contributed by atoms with Crippen LogP contribution in [-0.4, -0.2) is 13.0 Å². The predicted molar refractivity (Wildman–Crippen MR) is 120 cm³/mol. The molecule has 1 N–H and O–H groups in total. The summed E-state index contributed by atoms with van der Waals surface area (Å²) in [7, 11) is 1.56. The van der Waals surface area contributed by atoms with Crippen molar-refractivity contribution in [3.63, 3.8) is 0 Å². The van der Waals surface area contributed by atoms with Crippen LogP contribution in [0.2, 0.25) is 0 Å². The summed E-state index contributed by atoms with van der Waals surface area (Å²) < 4.78 is 11.3. The zero-order valence-corrected chi connectivity index (χ0v) is 17.6. The van der Waals surface area contributed by atoms with Crippen molar-refractivity contribution in [3.8, 4) is 17.6 Å². The molecule has 5 nitrogen and oxygen atoms in total. The summed E-state index contributed by atoms with van der Waals surface area (Å²) in [6.45, 7) is 2.81. The van der Waals surface area contributed by atoms with Gasteiger partial charge in [0.25, 0.3) is 5.91 Å². The first kappa shape index (κ1) is 21.7. The number of methoxy groups -OCH3 is 1. The number of hydrogen-bond donors (Lipinski definition) is 1. The number of nitriles is 1. The van der Waals surface area contributed by atoms with E-state index in [0.717, 1.165) is 11.1 Å². The number of nitrogens with one attached hydrogen (secondary N) is 1. The van der Waals surface area contributed by atoms with E-state index in [-0.39, 0.29) is 5.57 Å². The summed E-state index contributed by atoms with van der Waals surface area (Å²) in [5, 5.41) is 12.2. The van der Waals surface area contributed by atoms with Crippen LogP contribution in [0.15, 0.2) is 78.4 Å². The topological polar surface area (TPSA) is 71.3 Å². The molecular formula is C26H24N2O3. The van der Waals surface area contributed by atoms with Crippen LogP contribution >= 0.6 is 0 Å². The molecule has 0 radical (unpaired) electrons. The third kappa shape index (κ3) is 6.22. The fourth-order valence-corrected chi connectivity index (χ4v) is 3.04. The molecule has 0 saturated heterocycles. The average Bonchev–Trinajstić information content (AvgIpc) is 2.80. The van der Waals surface area contributed by atoms with Gasteiger partial charge in [0.15, 0.2) is 11.5 Å². The largest absolute Gasteiger partial charge is 0.493 e. The Labute approximate surface area is 182 Å². The predicted octanol–water partition coefficient (Wildman–Crippen LogP) is 4.81. The van der Waals surface area contributed by atoms with Crippen LogP contribution in [0, 0.1) is 18.3 Å². The number of ether oxygens (including phenoxy) is 2. The molecule has 156 valence electrons. The van der Waals surface area contributed by atoms with E-state index in [9.17, 15) is 10.1 Å². The van der Waals surface area contributed by atoms with Gasteiger partial charge in [-0.1, -0.05) is 66.2 Å². The van der Waals surface area contributed by atoms with E-state index in [4.69, 9.17) is 9.47 Å². The molecule has 0 aliphatic carbocycles. The molecule has 0 aliphatic heterocycles. The van der Waals surface area contributed by atoms with E-state index in [2.05, 4.69) is 11.4 Å². The lowest BCUT2D eigenvalue weighted by molar-refractivity contribution is -0.117. The van der Waals surface area contributed by atoms with Gasteiger partial charge in [-0.2, -0.15) is 5.26 Å². The van der Waals surface area contributed by atoms with Crippen molar-refractivity contribution in [3.05, 3.63) is 101 Å². The maximum Gasteiger partial charge on any atom is 0.262 e. The van der Waals surface area contributed by atoms with Crippen molar-refractivity contribution in [2.75, 3.05) is 7.11 Å². The van der Waals surface area contributed by atoms with Crippen LogP contribution in [0.5, 0.6) is 11.5 Å². The van der Waals surface area contributed by atoms with Gasteiger partial charge in [0, 0.05) is 6.54 Å². The van der Waals surface area contributed by atoms with Crippen molar-refractivity contribution in [1.82, 2.24) is 5.32 Å². The molecular weight excluding hydrogens is 388 g/mol. The number of amides is 1. The maximum atomic E-state index is 12.4. The first-order chi connectivity index (χ1) is 15.1. The minimum Gasteiger partial charge on any atom is -0.493 e.